The van der Waals surface area contributed by atoms with Crippen molar-refractivity contribution in [3.63, 3.8) is 0 Å². The van der Waals surface area contributed by atoms with Crippen LogP contribution in [0.15, 0.2) is 24.3 Å². The molecule has 0 spiro atoms. The summed E-state index contributed by atoms with van der Waals surface area (Å²) in [5.41, 5.74) is 1.12. The second-order valence-corrected chi connectivity index (χ2v) is 4.72. The molecule has 19 heavy (non-hydrogen) atoms. The number of methoxy groups -OCH3 is 1. The molecular weight excluding hydrogens is 238 g/mol. The van der Waals surface area contributed by atoms with Gasteiger partial charge in [0.1, 0.15) is 5.75 Å². The van der Waals surface area contributed by atoms with Gasteiger partial charge in [-0.25, -0.2) is 0 Å². The van der Waals surface area contributed by atoms with Crippen LogP contribution < -0.4 is 10.1 Å². The van der Waals surface area contributed by atoms with Crippen LogP contribution in [0.2, 0.25) is 0 Å². The molecule has 0 amide bonds. The molecule has 0 heterocycles. The summed E-state index contributed by atoms with van der Waals surface area (Å²) < 4.78 is 11.4. The Morgan fingerprint density at radius 3 is 2.63 bits per heavy atom. The average Bonchev–Trinajstić information content (AvgIpc) is 2.46. The lowest BCUT2D eigenvalue weighted by Gasteiger charge is -2.20. The van der Waals surface area contributed by atoms with Crippen molar-refractivity contribution in [1.29, 1.82) is 0 Å². The molecule has 0 aliphatic carbocycles. The van der Waals surface area contributed by atoms with Gasteiger partial charge in [-0.05, 0) is 19.5 Å². The molecule has 1 N–H and O–H groups in total. The Morgan fingerprint density at radius 1 is 1.16 bits per heavy atom. The number of benzene rings is 1. The number of para-hydroxylation sites is 1. The topological polar surface area (TPSA) is 30.5 Å². The van der Waals surface area contributed by atoms with Crippen molar-refractivity contribution in [3.8, 4) is 5.75 Å². The van der Waals surface area contributed by atoms with Gasteiger partial charge in [0.05, 0.1) is 13.2 Å². The van der Waals surface area contributed by atoms with Crippen LogP contribution >= 0.6 is 0 Å². The third kappa shape index (κ3) is 5.62. The number of likely N-dealkylation sites (N-methyl/N-ethyl adjacent to an activating group) is 1. The minimum absolute atomic E-state index is 0.0581. The average molecular weight is 265 g/mol. The SMILES string of the molecule is CCCCCCOC(CNC)c1ccccc1OC. The quantitative estimate of drug-likeness (QED) is 0.656. The van der Waals surface area contributed by atoms with E-state index in [4.69, 9.17) is 9.47 Å². The number of hydrogen-bond donors (Lipinski definition) is 1. The Bertz CT molecular complexity index is 341. The second-order valence-electron chi connectivity index (χ2n) is 4.72. The molecule has 3 heteroatoms. The van der Waals surface area contributed by atoms with Crippen molar-refractivity contribution in [3.05, 3.63) is 29.8 Å². The zero-order chi connectivity index (χ0) is 13.9. The van der Waals surface area contributed by atoms with Crippen molar-refractivity contribution in [2.24, 2.45) is 0 Å². The summed E-state index contributed by atoms with van der Waals surface area (Å²) in [6.07, 6.45) is 4.97. The highest BCUT2D eigenvalue weighted by Crippen LogP contribution is 2.27. The molecule has 1 aromatic carbocycles. The fourth-order valence-corrected chi connectivity index (χ4v) is 2.13. The number of hydrogen-bond acceptors (Lipinski definition) is 3. The molecule has 1 unspecified atom stereocenters. The lowest BCUT2D eigenvalue weighted by Crippen LogP contribution is -2.20. The van der Waals surface area contributed by atoms with Gasteiger partial charge in [0, 0.05) is 18.7 Å². The van der Waals surface area contributed by atoms with Crippen LogP contribution in [0.3, 0.4) is 0 Å². The van der Waals surface area contributed by atoms with E-state index in [1.807, 2.05) is 25.2 Å². The van der Waals surface area contributed by atoms with Crippen LogP contribution in [0.5, 0.6) is 5.75 Å². The number of unbranched alkanes of at least 4 members (excludes halogenated alkanes) is 3. The van der Waals surface area contributed by atoms with Crippen molar-refractivity contribution in [2.45, 2.75) is 38.7 Å². The Labute approximate surface area is 117 Å². The predicted molar refractivity (Wildman–Crippen MR) is 79.8 cm³/mol. The number of ether oxygens (including phenoxy) is 2. The van der Waals surface area contributed by atoms with Gasteiger partial charge in [-0.2, -0.15) is 0 Å². The van der Waals surface area contributed by atoms with Gasteiger partial charge in [-0.15, -0.1) is 0 Å². The predicted octanol–water partition coefficient (Wildman–Crippen LogP) is 3.55. The Balaban J connectivity index is 2.55. The van der Waals surface area contributed by atoms with Crippen LogP contribution in [-0.2, 0) is 4.74 Å². The van der Waals surface area contributed by atoms with E-state index in [2.05, 4.69) is 18.3 Å². The highest BCUT2D eigenvalue weighted by Gasteiger charge is 2.15. The van der Waals surface area contributed by atoms with Gasteiger partial charge >= 0.3 is 0 Å². The molecule has 0 aliphatic rings. The maximum absolute atomic E-state index is 6.02. The van der Waals surface area contributed by atoms with E-state index in [0.29, 0.717) is 0 Å². The molecule has 0 aromatic heterocycles. The third-order valence-corrected chi connectivity index (χ3v) is 3.19. The number of rotatable bonds is 10. The van der Waals surface area contributed by atoms with Crippen LogP contribution in [0.4, 0.5) is 0 Å². The maximum atomic E-state index is 6.02. The van der Waals surface area contributed by atoms with E-state index in [9.17, 15) is 0 Å². The molecule has 0 bridgehead atoms. The summed E-state index contributed by atoms with van der Waals surface area (Å²) in [6.45, 7) is 3.83. The van der Waals surface area contributed by atoms with Gasteiger partial charge in [-0.3, -0.25) is 0 Å². The minimum Gasteiger partial charge on any atom is -0.496 e. The third-order valence-electron chi connectivity index (χ3n) is 3.19. The number of nitrogens with one attached hydrogen (secondary N) is 1. The molecular formula is C16H27NO2. The maximum Gasteiger partial charge on any atom is 0.124 e. The van der Waals surface area contributed by atoms with E-state index in [1.54, 1.807) is 7.11 Å². The normalized spacial score (nSPS) is 12.4. The van der Waals surface area contributed by atoms with E-state index in [1.165, 1.54) is 19.3 Å². The first-order chi connectivity index (χ1) is 9.33. The molecule has 0 saturated heterocycles. The first-order valence-electron chi connectivity index (χ1n) is 7.22. The van der Waals surface area contributed by atoms with Crippen LogP contribution in [0.1, 0.15) is 44.3 Å². The zero-order valence-corrected chi connectivity index (χ0v) is 12.4. The van der Waals surface area contributed by atoms with Crippen molar-refractivity contribution >= 4 is 0 Å². The highest BCUT2D eigenvalue weighted by molar-refractivity contribution is 5.35. The van der Waals surface area contributed by atoms with Gasteiger partial charge in [0.25, 0.3) is 0 Å². The van der Waals surface area contributed by atoms with E-state index in [-0.39, 0.29) is 6.10 Å². The van der Waals surface area contributed by atoms with Crippen molar-refractivity contribution < 1.29 is 9.47 Å². The lowest BCUT2D eigenvalue weighted by atomic mass is 10.1. The summed E-state index contributed by atoms with van der Waals surface area (Å²) in [4.78, 5) is 0. The van der Waals surface area contributed by atoms with Crippen molar-refractivity contribution in [1.82, 2.24) is 5.32 Å². The monoisotopic (exact) mass is 265 g/mol. The van der Waals surface area contributed by atoms with E-state index >= 15 is 0 Å². The van der Waals surface area contributed by atoms with Crippen LogP contribution in [0, 0.1) is 0 Å². The smallest absolute Gasteiger partial charge is 0.124 e. The standard InChI is InChI=1S/C16H27NO2/c1-4-5-6-9-12-19-16(13-17-2)14-10-7-8-11-15(14)18-3/h7-8,10-11,16-17H,4-6,9,12-13H2,1-3H3. The molecule has 0 aliphatic heterocycles. The van der Waals surface area contributed by atoms with E-state index in [0.717, 1.165) is 30.9 Å². The summed E-state index contributed by atoms with van der Waals surface area (Å²) in [7, 11) is 3.65. The Kier molecular flexibility index (Phi) is 8.26. The molecule has 1 rings (SSSR count). The highest BCUT2D eigenvalue weighted by atomic mass is 16.5. The molecule has 0 fully saturated rings. The van der Waals surface area contributed by atoms with Gasteiger partial charge in [0.2, 0.25) is 0 Å². The molecule has 1 atom stereocenters. The van der Waals surface area contributed by atoms with Crippen LogP contribution in [0.25, 0.3) is 0 Å². The molecule has 108 valence electrons. The second kappa shape index (κ2) is 9.82. The van der Waals surface area contributed by atoms with E-state index < -0.39 is 0 Å². The molecule has 0 saturated carbocycles. The summed E-state index contributed by atoms with van der Waals surface area (Å²) >= 11 is 0. The largest absolute Gasteiger partial charge is 0.496 e. The minimum atomic E-state index is 0.0581. The fourth-order valence-electron chi connectivity index (χ4n) is 2.13. The summed E-state index contributed by atoms with van der Waals surface area (Å²) in [5, 5.41) is 3.19. The van der Waals surface area contributed by atoms with Gasteiger partial charge in [0.15, 0.2) is 0 Å². The Hall–Kier alpha value is -1.06. The molecule has 1 aromatic rings. The van der Waals surface area contributed by atoms with Gasteiger partial charge < -0.3 is 14.8 Å². The fraction of sp³-hybridized carbons (Fsp3) is 0.625. The summed E-state index contributed by atoms with van der Waals surface area (Å²) in [5.74, 6) is 0.899. The summed E-state index contributed by atoms with van der Waals surface area (Å²) in [6, 6.07) is 8.08. The molecule has 0 radical (unpaired) electrons. The lowest BCUT2D eigenvalue weighted by molar-refractivity contribution is 0.0495. The van der Waals surface area contributed by atoms with Gasteiger partial charge in [-0.1, -0.05) is 44.4 Å². The first-order valence-corrected chi connectivity index (χ1v) is 7.22. The van der Waals surface area contributed by atoms with Crippen LogP contribution in [-0.4, -0.2) is 27.3 Å². The zero-order valence-electron chi connectivity index (χ0n) is 12.4. The first kappa shape index (κ1) is 16.0. The van der Waals surface area contributed by atoms with Crippen molar-refractivity contribution in [2.75, 3.05) is 27.3 Å². The molecule has 3 nitrogen and oxygen atoms in total. The Morgan fingerprint density at radius 2 is 1.95 bits per heavy atom.